The van der Waals surface area contributed by atoms with E-state index in [0.29, 0.717) is 11.9 Å². The number of alkyl halides is 1. The molecule has 0 atom stereocenters. The molecule has 0 heterocycles. The maximum Gasteiger partial charge on any atom is 0.0494 e. The Kier molecular flexibility index (Phi) is 4.73. The molecule has 0 radical (unpaired) electrons. The molecule has 17 heavy (non-hydrogen) atoms. The molecule has 1 saturated carbocycles. The maximum atomic E-state index is 6.02. The monoisotopic (exact) mass is 251 g/mol. The summed E-state index contributed by atoms with van der Waals surface area (Å²) in [6.07, 6.45) is 8.21. The fraction of sp³-hybridized carbons (Fsp3) is 0.600. The Labute approximate surface area is 110 Å². The lowest BCUT2D eigenvalue weighted by atomic mass is 10.1. The predicted octanol–water partition coefficient (Wildman–Crippen LogP) is 4.58. The van der Waals surface area contributed by atoms with Crippen LogP contribution in [0.3, 0.4) is 0 Å². The van der Waals surface area contributed by atoms with Gasteiger partial charge in [-0.2, -0.15) is 0 Å². The average molecular weight is 252 g/mol. The van der Waals surface area contributed by atoms with E-state index in [1.165, 1.54) is 49.8 Å². The van der Waals surface area contributed by atoms with Gasteiger partial charge in [0.05, 0.1) is 0 Å². The van der Waals surface area contributed by atoms with Crippen molar-refractivity contribution in [1.29, 1.82) is 0 Å². The van der Waals surface area contributed by atoms with Gasteiger partial charge in [-0.25, -0.2) is 0 Å². The van der Waals surface area contributed by atoms with Crippen LogP contribution in [-0.2, 0) is 5.88 Å². The number of hydrogen-bond acceptors (Lipinski definition) is 1. The van der Waals surface area contributed by atoms with E-state index >= 15 is 0 Å². The molecule has 1 aromatic carbocycles. The van der Waals surface area contributed by atoms with Crippen molar-refractivity contribution in [2.24, 2.45) is 0 Å². The van der Waals surface area contributed by atoms with Crippen LogP contribution in [-0.4, -0.2) is 13.1 Å². The SMILES string of the molecule is CN(c1ccccc1CCl)C1CCCCCC1. The second-order valence-corrected chi connectivity index (χ2v) is 5.29. The first kappa shape index (κ1) is 12.8. The Balaban J connectivity index is 2.14. The zero-order valence-electron chi connectivity index (χ0n) is 10.7. The van der Waals surface area contributed by atoms with Crippen LogP contribution < -0.4 is 4.90 Å². The van der Waals surface area contributed by atoms with E-state index in [4.69, 9.17) is 11.6 Å². The minimum atomic E-state index is 0.604. The molecule has 2 heteroatoms. The van der Waals surface area contributed by atoms with Gasteiger partial charge in [-0.15, -0.1) is 11.6 Å². The summed E-state index contributed by atoms with van der Waals surface area (Å²) in [5.74, 6) is 0.604. The molecule has 0 unspecified atom stereocenters. The Hall–Kier alpha value is -0.690. The Morgan fingerprint density at radius 1 is 1.12 bits per heavy atom. The molecule has 94 valence electrons. The lowest BCUT2D eigenvalue weighted by Crippen LogP contribution is -2.31. The minimum Gasteiger partial charge on any atom is -0.371 e. The molecule has 0 bridgehead atoms. The molecule has 0 amide bonds. The van der Waals surface area contributed by atoms with Crippen molar-refractivity contribution in [2.75, 3.05) is 11.9 Å². The van der Waals surface area contributed by atoms with Gasteiger partial charge in [0.2, 0.25) is 0 Å². The van der Waals surface area contributed by atoms with Crippen molar-refractivity contribution in [3.8, 4) is 0 Å². The molecule has 1 nitrogen and oxygen atoms in total. The Morgan fingerprint density at radius 3 is 2.41 bits per heavy atom. The van der Waals surface area contributed by atoms with Crippen molar-refractivity contribution in [3.63, 3.8) is 0 Å². The van der Waals surface area contributed by atoms with Crippen molar-refractivity contribution < 1.29 is 0 Å². The fourth-order valence-corrected chi connectivity index (χ4v) is 3.04. The van der Waals surface area contributed by atoms with Crippen molar-refractivity contribution in [1.82, 2.24) is 0 Å². The largest absolute Gasteiger partial charge is 0.371 e. The van der Waals surface area contributed by atoms with E-state index in [-0.39, 0.29) is 0 Å². The molecule has 0 aromatic heterocycles. The lowest BCUT2D eigenvalue weighted by molar-refractivity contribution is 0.552. The standard InChI is InChI=1S/C15H22ClN/c1-17(14-9-4-2-3-5-10-14)15-11-7-6-8-13(15)12-16/h6-8,11,14H,2-5,9-10,12H2,1H3. The van der Waals surface area contributed by atoms with Crippen molar-refractivity contribution in [3.05, 3.63) is 29.8 Å². The summed E-state index contributed by atoms with van der Waals surface area (Å²) in [7, 11) is 2.22. The van der Waals surface area contributed by atoms with Crippen LogP contribution >= 0.6 is 11.6 Å². The zero-order valence-corrected chi connectivity index (χ0v) is 11.4. The molecular formula is C15H22ClN. The normalized spacial score (nSPS) is 17.8. The van der Waals surface area contributed by atoms with Gasteiger partial charge in [0.25, 0.3) is 0 Å². The molecule has 0 spiro atoms. The Bertz CT molecular complexity index is 343. The molecule has 1 fully saturated rings. The van der Waals surface area contributed by atoms with Crippen LogP contribution in [0.15, 0.2) is 24.3 Å². The maximum absolute atomic E-state index is 6.02. The first-order valence-corrected chi connectivity index (χ1v) is 7.23. The van der Waals surface area contributed by atoms with E-state index in [1.54, 1.807) is 0 Å². The first-order chi connectivity index (χ1) is 8.33. The molecule has 1 aromatic rings. The highest BCUT2D eigenvalue weighted by atomic mass is 35.5. The molecule has 0 saturated heterocycles. The number of rotatable bonds is 3. The first-order valence-electron chi connectivity index (χ1n) is 6.69. The smallest absolute Gasteiger partial charge is 0.0494 e. The van der Waals surface area contributed by atoms with Crippen LogP contribution in [0, 0.1) is 0 Å². The van der Waals surface area contributed by atoms with E-state index < -0.39 is 0 Å². The molecule has 0 N–H and O–H groups in total. The van der Waals surface area contributed by atoms with Gasteiger partial charge in [0, 0.05) is 24.7 Å². The van der Waals surface area contributed by atoms with Gasteiger partial charge in [-0.05, 0) is 24.5 Å². The summed E-state index contributed by atoms with van der Waals surface area (Å²) in [5, 5.41) is 0. The van der Waals surface area contributed by atoms with E-state index in [0.717, 1.165) is 0 Å². The van der Waals surface area contributed by atoms with Crippen LogP contribution in [0.1, 0.15) is 44.1 Å². The molecular weight excluding hydrogens is 230 g/mol. The number of para-hydroxylation sites is 1. The van der Waals surface area contributed by atoms with Gasteiger partial charge in [0.15, 0.2) is 0 Å². The molecule has 1 aliphatic rings. The van der Waals surface area contributed by atoms with Crippen LogP contribution in [0.5, 0.6) is 0 Å². The predicted molar refractivity (Wildman–Crippen MR) is 75.9 cm³/mol. The zero-order chi connectivity index (χ0) is 12.1. The van der Waals surface area contributed by atoms with E-state index in [2.05, 4.69) is 36.2 Å². The topological polar surface area (TPSA) is 3.24 Å². The summed E-state index contributed by atoms with van der Waals surface area (Å²) in [6, 6.07) is 9.21. The highest BCUT2D eigenvalue weighted by Gasteiger charge is 2.18. The van der Waals surface area contributed by atoms with Crippen LogP contribution in [0.25, 0.3) is 0 Å². The number of anilines is 1. The third kappa shape index (κ3) is 3.16. The second kappa shape index (κ2) is 6.30. The molecule has 1 aliphatic carbocycles. The molecule has 0 aliphatic heterocycles. The summed E-state index contributed by atoms with van der Waals surface area (Å²) < 4.78 is 0. The highest BCUT2D eigenvalue weighted by molar-refractivity contribution is 6.17. The van der Waals surface area contributed by atoms with E-state index in [1.807, 2.05) is 0 Å². The molecule has 2 rings (SSSR count). The van der Waals surface area contributed by atoms with Crippen molar-refractivity contribution >= 4 is 17.3 Å². The van der Waals surface area contributed by atoms with Crippen molar-refractivity contribution in [2.45, 2.75) is 50.4 Å². The summed E-state index contributed by atoms with van der Waals surface area (Å²) >= 11 is 6.02. The number of hydrogen-bond donors (Lipinski definition) is 0. The van der Waals surface area contributed by atoms with Gasteiger partial charge in [-0.3, -0.25) is 0 Å². The third-order valence-corrected chi connectivity index (χ3v) is 4.18. The van der Waals surface area contributed by atoms with Crippen LogP contribution in [0.4, 0.5) is 5.69 Å². The third-order valence-electron chi connectivity index (χ3n) is 3.89. The highest BCUT2D eigenvalue weighted by Crippen LogP contribution is 2.28. The lowest BCUT2D eigenvalue weighted by Gasteiger charge is -2.30. The Morgan fingerprint density at radius 2 is 1.76 bits per heavy atom. The summed E-state index contributed by atoms with van der Waals surface area (Å²) in [5.41, 5.74) is 2.57. The van der Waals surface area contributed by atoms with Gasteiger partial charge < -0.3 is 4.90 Å². The van der Waals surface area contributed by atoms with Gasteiger partial charge in [-0.1, -0.05) is 43.9 Å². The summed E-state index contributed by atoms with van der Waals surface area (Å²) in [4.78, 5) is 2.45. The van der Waals surface area contributed by atoms with Gasteiger partial charge in [0.1, 0.15) is 0 Å². The minimum absolute atomic E-state index is 0.604. The average Bonchev–Trinajstić information content (AvgIpc) is 2.66. The van der Waals surface area contributed by atoms with Gasteiger partial charge >= 0.3 is 0 Å². The second-order valence-electron chi connectivity index (χ2n) is 5.02. The van der Waals surface area contributed by atoms with E-state index in [9.17, 15) is 0 Å². The van der Waals surface area contributed by atoms with Crippen LogP contribution in [0.2, 0.25) is 0 Å². The number of benzene rings is 1. The summed E-state index contributed by atoms with van der Waals surface area (Å²) in [6.45, 7) is 0. The number of nitrogens with zero attached hydrogens (tertiary/aromatic N) is 1. The quantitative estimate of drug-likeness (QED) is 0.561. The number of halogens is 1. The fourth-order valence-electron chi connectivity index (χ4n) is 2.81.